The Morgan fingerprint density at radius 1 is 1.12 bits per heavy atom. The zero-order chi connectivity index (χ0) is 18.4. The molecule has 4 nitrogen and oxygen atoms in total. The molecule has 0 saturated carbocycles. The molecule has 0 aliphatic rings. The minimum atomic E-state index is -4.76. The van der Waals surface area contributed by atoms with Crippen molar-refractivity contribution in [1.29, 1.82) is 0 Å². The molecule has 1 amide bonds. The van der Waals surface area contributed by atoms with Gasteiger partial charge in [0.2, 0.25) is 0 Å². The van der Waals surface area contributed by atoms with Crippen LogP contribution in [0.3, 0.4) is 0 Å². The zero-order valence-electron chi connectivity index (χ0n) is 13.8. The van der Waals surface area contributed by atoms with Gasteiger partial charge < -0.3 is 14.8 Å². The highest BCUT2D eigenvalue weighted by Crippen LogP contribution is 2.23. The number of ether oxygens (including phenoxy) is 2. The molecule has 0 aromatic heterocycles. The van der Waals surface area contributed by atoms with E-state index in [4.69, 9.17) is 4.74 Å². The van der Waals surface area contributed by atoms with Crippen molar-refractivity contribution in [3.63, 3.8) is 0 Å². The number of benzene rings is 2. The predicted molar refractivity (Wildman–Crippen MR) is 86.4 cm³/mol. The summed E-state index contributed by atoms with van der Waals surface area (Å²) >= 11 is 0. The molecule has 1 atom stereocenters. The molecule has 0 heterocycles. The molecule has 0 saturated heterocycles. The van der Waals surface area contributed by atoms with Gasteiger partial charge >= 0.3 is 6.36 Å². The van der Waals surface area contributed by atoms with Crippen LogP contribution < -0.4 is 10.1 Å². The largest absolute Gasteiger partial charge is 0.573 e. The third-order valence-corrected chi connectivity index (χ3v) is 3.62. The average molecular weight is 353 g/mol. The predicted octanol–water partition coefficient (Wildman–Crippen LogP) is 4.01. The molecule has 0 spiro atoms. The van der Waals surface area contributed by atoms with Gasteiger partial charge in [-0.15, -0.1) is 13.2 Å². The van der Waals surface area contributed by atoms with Gasteiger partial charge in [-0.2, -0.15) is 0 Å². The summed E-state index contributed by atoms with van der Waals surface area (Å²) in [5.74, 6) is -0.784. The van der Waals surface area contributed by atoms with E-state index in [1.165, 1.54) is 12.1 Å². The minimum Gasteiger partial charge on any atom is -0.406 e. The fourth-order valence-corrected chi connectivity index (χ4v) is 2.36. The van der Waals surface area contributed by atoms with Crippen molar-refractivity contribution in [2.45, 2.75) is 19.4 Å². The van der Waals surface area contributed by atoms with Crippen molar-refractivity contribution >= 4 is 5.91 Å². The van der Waals surface area contributed by atoms with E-state index in [2.05, 4.69) is 10.1 Å². The summed E-state index contributed by atoms with van der Waals surface area (Å²) in [5, 5.41) is 2.72. The summed E-state index contributed by atoms with van der Waals surface area (Å²) in [6, 6.07) is 12.4. The smallest absolute Gasteiger partial charge is 0.406 e. The first-order chi connectivity index (χ1) is 11.8. The number of carbonyl (C=O) groups is 1. The Labute approximate surface area is 143 Å². The lowest BCUT2D eigenvalue weighted by molar-refractivity contribution is -0.274. The Kier molecular flexibility index (Phi) is 6.03. The molecule has 0 fully saturated rings. The molecular weight excluding hydrogens is 335 g/mol. The minimum absolute atomic E-state index is 0.231. The van der Waals surface area contributed by atoms with Crippen LogP contribution in [0.4, 0.5) is 13.2 Å². The second-order valence-electron chi connectivity index (χ2n) is 5.36. The molecular formula is C18H18F3NO3. The summed E-state index contributed by atoms with van der Waals surface area (Å²) in [6.07, 6.45) is -5.08. The number of halogens is 3. The average Bonchev–Trinajstić information content (AvgIpc) is 2.56. The van der Waals surface area contributed by atoms with Gasteiger partial charge in [0.25, 0.3) is 5.91 Å². The number of alkyl halides is 3. The van der Waals surface area contributed by atoms with Crippen molar-refractivity contribution in [2.24, 2.45) is 0 Å². The Balaban J connectivity index is 1.98. The van der Waals surface area contributed by atoms with Crippen LogP contribution in [0.15, 0.2) is 48.5 Å². The van der Waals surface area contributed by atoms with Crippen molar-refractivity contribution in [1.82, 2.24) is 5.32 Å². The summed E-state index contributed by atoms with van der Waals surface area (Å²) in [6.45, 7) is 2.18. The fourth-order valence-electron chi connectivity index (χ4n) is 2.36. The van der Waals surface area contributed by atoms with Crippen LogP contribution in [0.25, 0.3) is 0 Å². The van der Waals surface area contributed by atoms with Crippen LogP contribution in [0.1, 0.15) is 27.6 Å². The maximum atomic E-state index is 12.1. The monoisotopic (exact) mass is 353 g/mol. The number of nitrogens with one attached hydrogen (secondary N) is 1. The summed E-state index contributed by atoms with van der Waals surface area (Å²) < 4.78 is 45.6. The molecule has 134 valence electrons. The third-order valence-electron chi connectivity index (χ3n) is 3.62. The highest BCUT2D eigenvalue weighted by Gasteiger charge is 2.31. The molecule has 1 unspecified atom stereocenters. The van der Waals surface area contributed by atoms with Crippen LogP contribution >= 0.6 is 0 Å². The molecule has 0 radical (unpaired) electrons. The molecule has 7 heteroatoms. The molecule has 0 bridgehead atoms. The molecule has 25 heavy (non-hydrogen) atoms. The van der Waals surface area contributed by atoms with Crippen LogP contribution in [0.2, 0.25) is 0 Å². The Hall–Kier alpha value is -2.54. The normalized spacial score (nSPS) is 12.5. The third kappa shape index (κ3) is 5.49. The number of carbonyl (C=O) groups excluding carboxylic acids is 1. The molecule has 2 rings (SSSR count). The summed E-state index contributed by atoms with van der Waals surface area (Å²) in [7, 11) is 1.55. The van der Waals surface area contributed by atoms with E-state index < -0.39 is 12.3 Å². The Morgan fingerprint density at radius 3 is 2.32 bits per heavy atom. The van der Waals surface area contributed by atoms with Gasteiger partial charge in [0, 0.05) is 19.2 Å². The number of hydrogen-bond acceptors (Lipinski definition) is 3. The van der Waals surface area contributed by atoms with E-state index in [0.29, 0.717) is 0 Å². The molecule has 1 N–H and O–H groups in total. The maximum Gasteiger partial charge on any atom is 0.573 e. The van der Waals surface area contributed by atoms with E-state index in [0.717, 1.165) is 23.3 Å². The lowest BCUT2D eigenvalue weighted by atomic mass is 10.0. The first-order valence-corrected chi connectivity index (χ1v) is 7.52. The first-order valence-electron chi connectivity index (χ1n) is 7.52. The van der Waals surface area contributed by atoms with Gasteiger partial charge in [0.1, 0.15) is 5.75 Å². The molecule has 2 aromatic carbocycles. The van der Waals surface area contributed by atoms with Crippen molar-refractivity contribution < 1.29 is 27.4 Å². The summed E-state index contributed by atoms with van der Waals surface area (Å²) in [4.78, 5) is 12.1. The SMILES string of the molecule is COC(CNC(=O)c1ccc(OC(F)(F)F)cc1)c1ccccc1C. The van der Waals surface area contributed by atoms with Gasteiger partial charge in [0.05, 0.1) is 6.10 Å². The van der Waals surface area contributed by atoms with E-state index >= 15 is 0 Å². The van der Waals surface area contributed by atoms with Crippen LogP contribution in [-0.4, -0.2) is 25.9 Å². The highest BCUT2D eigenvalue weighted by molar-refractivity contribution is 5.94. The van der Waals surface area contributed by atoms with E-state index in [-0.39, 0.29) is 24.0 Å². The number of aryl methyl sites for hydroxylation is 1. The van der Waals surface area contributed by atoms with Gasteiger partial charge in [-0.1, -0.05) is 24.3 Å². The summed E-state index contributed by atoms with van der Waals surface area (Å²) in [5.41, 5.74) is 2.23. The molecule has 0 aliphatic heterocycles. The van der Waals surface area contributed by atoms with Crippen LogP contribution in [0, 0.1) is 6.92 Å². The second kappa shape index (κ2) is 8.02. The van der Waals surface area contributed by atoms with E-state index in [9.17, 15) is 18.0 Å². The highest BCUT2D eigenvalue weighted by atomic mass is 19.4. The first kappa shape index (κ1) is 18.8. The second-order valence-corrected chi connectivity index (χ2v) is 5.36. The van der Waals surface area contributed by atoms with Gasteiger partial charge in [0.15, 0.2) is 0 Å². The van der Waals surface area contributed by atoms with E-state index in [1.807, 2.05) is 31.2 Å². The van der Waals surface area contributed by atoms with Crippen molar-refractivity contribution in [3.8, 4) is 5.75 Å². The van der Waals surface area contributed by atoms with Crippen LogP contribution in [0.5, 0.6) is 5.75 Å². The van der Waals surface area contributed by atoms with E-state index in [1.54, 1.807) is 7.11 Å². The number of amides is 1. The maximum absolute atomic E-state index is 12.1. The Bertz CT molecular complexity index is 714. The van der Waals surface area contributed by atoms with Crippen molar-refractivity contribution in [2.75, 3.05) is 13.7 Å². The van der Waals surface area contributed by atoms with Gasteiger partial charge in [-0.25, -0.2) is 0 Å². The van der Waals surface area contributed by atoms with Gasteiger partial charge in [-0.05, 0) is 42.3 Å². The number of methoxy groups -OCH3 is 1. The lowest BCUT2D eigenvalue weighted by Gasteiger charge is -2.18. The number of rotatable bonds is 6. The number of hydrogen-bond donors (Lipinski definition) is 1. The standard InChI is InChI=1S/C18H18F3NO3/c1-12-5-3-4-6-15(12)16(24-2)11-22-17(23)13-7-9-14(10-8-13)25-18(19,20)21/h3-10,16H,11H2,1-2H3,(H,22,23). The van der Waals surface area contributed by atoms with Gasteiger partial charge in [-0.3, -0.25) is 4.79 Å². The molecule has 0 aliphatic carbocycles. The Morgan fingerprint density at radius 2 is 1.76 bits per heavy atom. The molecule has 2 aromatic rings. The topological polar surface area (TPSA) is 47.6 Å². The van der Waals surface area contributed by atoms with Crippen molar-refractivity contribution in [3.05, 3.63) is 65.2 Å². The lowest BCUT2D eigenvalue weighted by Crippen LogP contribution is -2.29. The van der Waals surface area contributed by atoms with Crippen LogP contribution in [-0.2, 0) is 4.74 Å². The fraction of sp³-hybridized carbons (Fsp3) is 0.278. The zero-order valence-corrected chi connectivity index (χ0v) is 13.8. The quantitative estimate of drug-likeness (QED) is 0.854.